The van der Waals surface area contributed by atoms with E-state index in [1.807, 2.05) is 30.5 Å². The highest BCUT2D eigenvalue weighted by Gasteiger charge is 2.15. The van der Waals surface area contributed by atoms with Crippen LogP contribution < -0.4 is 10.1 Å². The van der Waals surface area contributed by atoms with Gasteiger partial charge in [0.25, 0.3) is 5.91 Å². The van der Waals surface area contributed by atoms with E-state index in [9.17, 15) is 9.18 Å². The van der Waals surface area contributed by atoms with E-state index < -0.39 is 11.9 Å². The average molecular weight is 381 g/mol. The number of nitrogens with zero attached hydrogens (tertiary/aromatic N) is 2. The van der Waals surface area contributed by atoms with Gasteiger partial charge < -0.3 is 14.6 Å². The fourth-order valence-corrected chi connectivity index (χ4v) is 2.94. The molecule has 1 heterocycles. The standard InChI is InChI=1S/C22H24FN3O2/c1-15(2)21-24-10-11-26(21)14-17-6-4-8-19(12-17)25-22(27)16(3)28-20-9-5-7-18(23)13-20/h4-13,15-16H,14H2,1-3H3,(H,25,27). The Bertz CT molecular complexity index is 952. The number of carbonyl (C=O) groups excluding carboxylic acids is 1. The summed E-state index contributed by atoms with van der Waals surface area (Å²) >= 11 is 0. The third-order valence-electron chi connectivity index (χ3n) is 4.29. The highest BCUT2D eigenvalue weighted by atomic mass is 19.1. The zero-order valence-corrected chi connectivity index (χ0v) is 16.2. The number of anilines is 1. The van der Waals surface area contributed by atoms with Gasteiger partial charge in [-0.3, -0.25) is 4.79 Å². The molecule has 3 rings (SSSR count). The first-order valence-electron chi connectivity index (χ1n) is 9.25. The molecule has 0 fully saturated rings. The molecule has 0 saturated carbocycles. The van der Waals surface area contributed by atoms with Crippen LogP contribution in [-0.2, 0) is 11.3 Å². The maximum atomic E-state index is 13.3. The summed E-state index contributed by atoms with van der Waals surface area (Å²) in [5.74, 6) is 0.966. The zero-order chi connectivity index (χ0) is 20.1. The highest BCUT2D eigenvalue weighted by molar-refractivity contribution is 5.94. The Kier molecular flexibility index (Phi) is 6.09. The van der Waals surface area contributed by atoms with Gasteiger partial charge in [0.1, 0.15) is 17.4 Å². The molecule has 3 aromatic rings. The first kappa shape index (κ1) is 19.6. The summed E-state index contributed by atoms with van der Waals surface area (Å²) in [4.78, 5) is 16.8. The smallest absolute Gasteiger partial charge is 0.265 e. The Morgan fingerprint density at radius 1 is 1.18 bits per heavy atom. The second-order valence-electron chi connectivity index (χ2n) is 6.98. The van der Waals surface area contributed by atoms with Crippen molar-refractivity contribution in [2.24, 2.45) is 0 Å². The Labute approximate surface area is 164 Å². The Morgan fingerprint density at radius 3 is 2.71 bits per heavy atom. The van der Waals surface area contributed by atoms with E-state index in [0.717, 1.165) is 11.4 Å². The molecule has 1 amide bonds. The van der Waals surface area contributed by atoms with Crippen molar-refractivity contribution in [3.05, 3.63) is 78.1 Å². The van der Waals surface area contributed by atoms with Gasteiger partial charge in [-0.15, -0.1) is 0 Å². The molecule has 6 heteroatoms. The molecule has 0 bridgehead atoms. The van der Waals surface area contributed by atoms with Gasteiger partial charge in [0, 0.05) is 36.6 Å². The number of amides is 1. The first-order chi connectivity index (χ1) is 13.4. The lowest BCUT2D eigenvalue weighted by atomic mass is 10.1. The number of rotatable bonds is 7. The third-order valence-corrected chi connectivity index (χ3v) is 4.29. The van der Waals surface area contributed by atoms with E-state index >= 15 is 0 Å². The van der Waals surface area contributed by atoms with Gasteiger partial charge in [0.2, 0.25) is 0 Å². The number of ether oxygens (including phenoxy) is 1. The number of halogens is 1. The molecule has 0 spiro atoms. The second-order valence-corrected chi connectivity index (χ2v) is 6.98. The molecule has 1 aromatic heterocycles. The zero-order valence-electron chi connectivity index (χ0n) is 16.2. The lowest BCUT2D eigenvalue weighted by molar-refractivity contribution is -0.122. The summed E-state index contributed by atoms with van der Waals surface area (Å²) in [6, 6.07) is 13.4. The summed E-state index contributed by atoms with van der Waals surface area (Å²) in [5, 5.41) is 2.85. The SMILES string of the molecule is CC(Oc1cccc(F)c1)C(=O)Nc1cccc(Cn2ccnc2C(C)C)c1. The summed E-state index contributed by atoms with van der Waals surface area (Å²) < 4.78 is 20.9. The molecule has 0 saturated heterocycles. The maximum Gasteiger partial charge on any atom is 0.265 e. The molecule has 0 aliphatic rings. The van der Waals surface area contributed by atoms with Crippen molar-refractivity contribution in [3.63, 3.8) is 0 Å². The van der Waals surface area contributed by atoms with Crippen LogP contribution in [0.1, 0.15) is 38.1 Å². The van der Waals surface area contributed by atoms with Crippen LogP contribution in [0.15, 0.2) is 60.9 Å². The fourth-order valence-electron chi connectivity index (χ4n) is 2.94. The number of nitrogens with one attached hydrogen (secondary N) is 1. The lowest BCUT2D eigenvalue weighted by Crippen LogP contribution is -2.30. The minimum atomic E-state index is -0.758. The van der Waals surface area contributed by atoms with E-state index in [-0.39, 0.29) is 5.91 Å². The van der Waals surface area contributed by atoms with Crippen LogP contribution in [0.5, 0.6) is 5.75 Å². The van der Waals surface area contributed by atoms with Crippen LogP contribution in [0.4, 0.5) is 10.1 Å². The normalized spacial score (nSPS) is 12.0. The van der Waals surface area contributed by atoms with Crippen LogP contribution in [0.2, 0.25) is 0 Å². The molecule has 0 aliphatic carbocycles. The molecule has 28 heavy (non-hydrogen) atoms. The monoisotopic (exact) mass is 381 g/mol. The van der Waals surface area contributed by atoms with Crippen molar-refractivity contribution in [3.8, 4) is 5.75 Å². The summed E-state index contributed by atoms with van der Waals surface area (Å²) in [7, 11) is 0. The van der Waals surface area contributed by atoms with Crippen molar-refractivity contribution in [2.45, 2.75) is 39.3 Å². The third kappa shape index (κ3) is 4.97. The Balaban J connectivity index is 1.65. The molecule has 1 N–H and O–H groups in total. The topological polar surface area (TPSA) is 56.1 Å². The number of benzene rings is 2. The average Bonchev–Trinajstić information content (AvgIpc) is 3.10. The summed E-state index contributed by atoms with van der Waals surface area (Å²) in [6.45, 7) is 6.52. The maximum absolute atomic E-state index is 13.3. The van der Waals surface area contributed by atoms with E-state index in [4.69, 9.17) is 4.74 Å². The van der Waals surface area contributed by atoms with Gasteiger partial charge in [-0.05, 0) is 36.8 Å². The predicted molar refractivity (Wildman–Crippen MR) is 107 cm³/mol. The van der Waals surface area contributed by atoms with Gasteiger partial charge in [-0.25, -0.2) is 9.37 Å². The molecule has 0 aliphatic heterocycles. The van der Waals surface area contributed by atoms with Gasteiger partial charge >= 0.3 is 0 Å². The minimum absolute atomic E-state index is 0.299. The Hall–Kier alpha value is -3.15. The minimum Gasteiger partial charge on any atom is -0.481 e. The number of aromatic nitrogens is 2. The van der Waals surface area contributed by atoms with E-state index in [1.165, 1.54) is 12.1 Å². The van der Waals surface area contributed by atoms with Gasteiger partial charge in [-0.1, -0.05) is 32.0 Å². The van der Waals surface area contributed by atoms with Crippen LogP contribution >= 0.6 is 0 Å². The summed E-state index contributed by atoms with van der Waals surface area (Å²) in [5.41, 5.74) is 1.74. The quantitative estimate of drug-likeness (QED) is 0.651. The molecule has 1 atom stereocenters. The molecule has 0 radical (unpaired) electrons. The number of carbonyl (C=O) groups is 1. The van der Waals surface area contributed by atoms with E-state index in [2.05, 4.69) is 28.7 Å². The van der Waals surface area contributed by atoms with E-state index in [0.29, 0.717) is 23.9 Å². The molecule has 5 nitrogen and oxygen atoms in total. The largest absolute Gasteiger partial charge is 0.481 e. The molecular formula is C22H24FN3O2. The number of hydrogen-bond acceptors (Lipinski definition) is 3. The Morgan fingerprint density at radius 2 is 1.96 bits per heavy atom. The van der Waals surface area contributed by atoms with Crippen LogP contribution in [0.3, 0.4) is 0 Å². The van der Waals surface area contributed by atoms with E-state index in [1.54, 1.807) is 25.3 Å². The van der Waals surface area contributed by atoms with Crippen LogP contribution in [0.25, 0.3) is 0 Å². The van der Waals surface area contributed by atoms with Crippen molar-refractivity contribution < 1.29 is 13.9 Å². The first-order valence-corrected chi connectivity index (χ1v) is 9.25. The van der Waals surface area contributed by atoms with Crippen LogP contribution in [-0.4, -0.2) is 21.6 Å². The number of hydrogen-bond donors (Lipinski definition) is 1. The lowest BCUT2D eigenvalue weighted by Gasteiger charge is -2.15. The molecule has 1 unspecified atom stereocenters. The summed E-state index contributed by atoms with van der Waals surface area (Å²) in [6.07, 6.45) is 2.99. The van der Waals surface area contributed by atoms with Crippen molar-refractivity contribution in [2.75, 3.05) is 5.32 Å². The number of imidazole rings is 1. The molecular weight excluding hydrogens is 357 g/mol. The second kappa shape index (κ2) is 8.69. The highest BCUT2D eigenvalue weighted by Crippen LogP contribution is 2.18. The van der Waals surface area contributed by atoms with Gasteiger partial charge in [-0.2, -0.15) is 0 Å². The van der Waals surface area contributed by atoms with Crippen molar-refractivity contribution >= 4 is 11.6 Å². The molecule has 2 aromatic carbocycles. The van der Waals surface area contributed by atoms with Crippen molar-refractivity contribution in [1.29, 1.82) is 0 Å². The predicted octanol–water partition coefficient (Wildman–Crippen LogP) is 4.60. The fraction of sp³-hybridized carbons (Fsp3) is 0.273. The van der Waals surface area contributed by atoms with Crippen molar-refractivity contribution in [1.82, 2.24) is 9.55 Å². The van der Waals surface area contributed by atoms with Gasteiger partial charge in [0.05, 0.1) is 0 Å². The van der Waals surface area contributed by atoms with Gasteiger partial charge in [0.15, 0.2) is 6.10 Å². The molecule has 146 valence electrons. The van der Waals surface area contributed by atoms with Crippen LogP contribution in [0, 0.1) is 5.82 Å².